The quantitative estimate of drug-likeness (QED) is 0.647. The Balaban J connectivity index is 1.94. The van der Waals surface area contributed by atoms with E-state index in [4.69, 9.17) is 5.73 Å². The van der Waals surface area contributed by atoms with Crippen LogP contribution in [0.5, 0.6) is 0 Å². The van der Waals surface area contributed by atoms with Gasteiger partial charge in [0.25, 0.3) is 0 Å². The lowest BCUT2D eigenvalue weighted by Crippen LogP contribution is -2.48. The van der Waals surface area contributed by atoms with Crippen LogP contribution in [0.15, 0.2) is 0 Å². The molecule has 19 heavy (non-hydrogen) atoms. The van der Waals surface area contributed by atoms with E-state index in [0.717, 1.165) is 12.8 Å². The number of primary amides is 1. The number of hydrogen-bond acceptors (Lipinski definition) is 3. The molecule has 7 heteroatoms. The fourth-order valence-corrected chi connectivity index (χ4v) is 2.62. The average Bonchev–Trinajstić information content (AvgIpc) is 2.63. The average molecular weight is 268 g/mol. The summed E-state index contributed by atoms with van der Waals surface area (Å²) in [6.45, 7) is 2.51. The first-order valence-electron chi connectivity index (χ1n) is 6.68. The monoisotopic (exact) mass is 268 g/mol. The van der Waals surface area contributed by atoms with Crippen LogP contribution in [0.3, 0.4) is 0 Å². The van der Waals surface area contributed by atoms with Gasteiger partial charge in [-0.3, -0.25) is 9.59 Å². The lowest BCUT2D eigenvalue weighted by Gasteiger charge is -2.33. The van der Waals surface area contributed by atoms with Crippen molar-refractivity contribution in [2.45, 2.75) is 19.3 Å². The van der Waals surface area contributed by atoms with Gasteiger partial charge in [0.1, 0.15) is 0 Å². The Hall–Kier alpha value is -1.79. The minimum atomic E-state index is -0.467. The normalized spacial score (nSPS) is 24.6. The summed E-state index contributed by atoms with van der Waals surface area (Å²) in [6, 6.07) is -0.467. The van der Waals surface area contributed by atoms with Crippen molar-refractivity contribution in [2.24, 2.45) is 11.7 Å². The predicted octanol–water partition coefficient (Wildman–Crippen LogP) is -0.874. The van der Waals surface area contributed by atoms with Crippen LogP contribution in [0.25, 0.3) is 0 Å². The van der Waals surface area contributed by atoms with Gasteiger partial charge in [0.05, 0.1) is 5.92 Å². The number of amides is 4. The number of nitrogens with zero attached hydrogens (tertiary/aromatic N) is 2. The summed E-state index contributed by atoms with van der Waals surface area (Å²) in [5, 5.41) is 2.74. The van der Waals surface area contributed by atoms with Crippen molar-refractivity contribution in [3.8, 4) is 0 Å². The standard InChI is InChI=1S/C12H20N4O3/c13-12(19)16-5-1-2-9(8-16)11(18)15-6-3-10(17)14-4-7-15/h9H,1-8H2,(H2,13,19)(H,14,17). The Bertz CT molecular complexity index is 385. The number of nitrogens with two attached hydrogens (primary N) is 1. The molecule has 4 amide bonds. The maximum absolute atomic E-state index is 12.4. The second-order valence-corrected chi connectivity index (χ2v) is 5.05. The molecule has 1 atom stereocenters. The predicted molar refractivity (Wildman–Crippen MR) is 68.1 cm³/mol. The van der Waals surface area contributed by atoms with Gasteiger partial charge in [-0.15, -0.1) is 0 Å². The van der Waals surface area contributed by atoms with Gasteiger partial charge in [0.2, 0.25) is 11.8 Å². The van der Waals surface area contributed by atoms with Crippen LogP contribution >= 0.6 is 0 Å². The zero-order valence-corrected chi connectivity index (χ0v) is 10.9. The van der Waals surface area contributed by atoms with E-state index < -0.39 is 6.03 Å². The van der Waals surface area contributed by atoms with Gasteiger partial charge in [-0.2, -0.15) is 0 Å². The zero-order valence-electron chi connectivity index (χ0n) is 10.9. The SMILES string of the molecule is NC(=O)N1CCCC(C(=O)N2CCNC(=O)CC2)C1. The van der Waals surface area contributed by atoms with E-state index in [-0.39, 0.29) is 17.7 Å². The molecule has 0 saturated carbocycles. The van der Waals surface area contributed by atoms with Crippen molar-refractivity contribution in [1.29, 1.82) is 0 Å². The Morgan fingerprint density at radius 2 is 2.00 bits per heavy atom. The van der Waals surface area contributed by atoms with Crippen LogP contribution in [-0.4, -0.2) is 60.4 Å². The van der Waals surface area contributed by atoms with E-state index in [1.165, 1.54) is 4.90 Å². The highest BCUT2D eigenvalue weighted by molar-refractivity contribution is 5.82. The molecule has 2 aliphatic rings. The van der Waals surface area contributed by atoms with Crippen molar-refractivity contribution in [2.75, 3.05) is 32.7 Å². The van der Waals surface area contributed by atoms with Crippen LogP contribution in [0, 0.1) is 5.92 Å². The van der Waals surface area contributed by atoms with Crippen LogP contribution in [-0.2, 0) is 9.59 Å². The van der Waals surface area contributed by atoms with Crippen LogP contribution in [0.1, 0.15) is 19.3 Å². The summed E-state index contributed by atoms with van der Waals surface area (Å²) in [7, 11) is 0. The molecule has 2 fully saturated rings. The van der Waals surface area contributed by atoms with Crippen molar-refractivity contribution in [3.63, 3.8) is 0 Å². The summed E-state index contributed by atoms with van der Waals surface area (Å²) in [5.74, 6) is -0.172. The first-order chi connectivity index (χ1) is 9.08. The van der Waals surface area contributed by atoms with Crippen molar-refractivity contribution < 1.29 is 14.4 Å². The molecule has 0 aromatic heterocycles. The Morgan fingerprint density at radius 3 is 2.74 bits per heavy atom. The molecule has 2 aliphatic heterocycles. The number of nitrogens with one attached hydrogen (secondary N) is 1. The highest BCUT2D eigenvalue weighted by atomic mass is 16.2. The van der Waals surface area contributed by atoms with E-state index in [1.807, 2.05) is 0 Å². The molecule has 0 bridgehead atoms. The van der Waals surface area contributed by atoms with Gasteiger partial charge in [-0.05, 0) is 12.8 Å². The third-order valence-electron chi connectivity index (χ3n) is 3.71. The maximum Gasteiger partial charge on any atom is 0.314 e. The van der Waals surface area contributed by atoms with Gasteiger partial charge in [0, 0.05) is 39.1 Å². The van der Waals surface area contributed by atoms with E-state index in [2.05, 4.69) is 5.32 Å². The molecule has 0 aromatic carbocycles. The summed E-state index contributed by atoms with van der Waals surface area (Å²) >= 11 is 0. The van der Waals surface area contributed by atoms with Crippen LogP contribution in [0.2, 0.25) is 0 Å². The van der Waals surface area contributed by atoms with Crippen molar-refractivity contribution in [1.82, 2.24) is 15.1 Å². The Labute approximate surface area is 112 Å². The molecule has 1 unspecified atom stereocenters. The molecule has 2 rings (SSSR count). The minimum absolute atomic E-state index is 0.0160. The van der Waals surface area contributed by atoms with E-state index in [0.29, 0.717) is 39.1 Å². The number of rotatable bonds is 1. The maximum atomic E-state index is 12.4. The molecular formula is C12H20N4O3. The molecule has 106 valence electrons. The lowest BCUT2D eigenvalue weighted by atomic mass is 9.96. The van der Waals surface area contributed by atoms with Gasteiger partial charge < -0.3 is 20.9 Å². The van der Waals surface area contributed by atoms with Crippen LogP contribution in [0.4, 0.5) is 4.79 Å². The second kappa shape index (κ2) is 5.90. The number of urea groups is 1. The molecule has 0 aliphatic carbocycles. The number of carbonyl (C=O) groups excluding carboxylic acids is 3. The smallest absolute Gasteiger partial charge is 0.314 e. The highest BCUT2D eigenvalue weighted by Gasteiger charge is 2.31. The molecule has 3 N–H and O–H groups in total. The highest BCUT2D eigenvalue weighted by Crippen LogP contribution is 2.19. The zero-order chi connectivity index (χ0) is 13.8. The minimum Gasteiger partial charge on any atom is -0.354 e. The molecule has 2 heterocycles. The van der Waals surface area contributed by atoms with Gasteiger partial charge >= 0.3 is 6.03 Å². The molecule has 7 nitrogen and oxygen atoms in total. The van der Waals surface area contributed by atoms with Crippen molar-refractivity contribution in [3.05, 3.63) is 0 Å². The Morgan fingerprint density at radius 1 is 1.21 bits per heavy atom. The first-order valence-corrected chi connectivity index (χ1v) is 6.68. The molecule has 0 radical (unpaired) electrons. The van der Waals surface area contributed by atoms with Gasteiger partial charge in [-0.1, -0.05) is 0 Å². The third-order valence-corrected chi connectivity index (χ3v) is 3.71. The third kappa shape index (κ3) is 3.36. The van der Waals surface area contributed by atoms with Crippen LogP contribution < -0.4 is 11.1 Å². The van der Waals surface area contributed by atoms with Gasteiger partial charge in [0.15, 0.2) is 0 Å². The van der Waals surface area contributed by atoms with E-state index in [1.54, 1.807) is 4.90 Å². The number of carbonyl (C=O) groups is 3. The molecule has 2 saturated heterocycles. The summed E-state index contributed by atoms with van der Waals surface area (Å²) in [4.78, 5) is 38.0. The fraction of sp³-hybridized carbons (Fsp3) is 0.750. The molecule has 0 spiro atoms. The number of hydrogen-bond donors (Lipinski definition) is 2. The lowest BCUT2D eigenvalue weighted by molar-refractivity contribution is -0.136. The largest absolute Gasteiger partial charge is 0.354 e. The summed E-state index contributed by atoms with van der Waals surface area (Å²) in [6.07, 6.45) is 1.92. The molecule has 0 aromatic rings. The van der Waals surface area contributed by atoms with E-state index in [9.17, 15) is 14.4 Å². The number of likely N-dealkylation sites (tertiary alicyclic amines) is 1. The van der Waals surface area contributed by atoms with Crippen molar-refractivity contribution >= 4 is 17.8 Å². The summed E-state index contributed by atoms with van der Waals surface area (Å²) < 4.78 is 0. The summed E-state index contributed by atoms with van der Waals surface area (Å²) in [5.41, 5.74) is 5.26. The second-order valence-electron chi connectivity index (χ2n) is 5.05. The topological polar surface area (TPSA) is 95.7 Å². The number of piperidine rings is 1. The fourth-order valence-electron chi connectivity index (χ4n) is 2.62. The molecular weight excluding hydrogens is 248 g/mol. The Kier molecular flexibility index (Phi) is 4.24. The first kappa shape index (κ1) is 13.6. The van der Waals surface area contributed by atoms with Gasteiger partial charge in [-0.25, -0.2) is 4.79 Å². The van der Waals surface area contributed by atoms with E-state index >= 15 is 0 Å².